The number of aromatic hydroxyl groups is 1. The smallest absolute Gasteiger partial charge is 0.133 e. The first kappa shape index (κ1) is 9.92. The summed E-state index contributed by atoms with van der Waals surface area (Å²) in [5, 5.41) is 17.9. The molecule has 1 aromatic rings. The predicted molar refractivity (Wildman–Crippen MR) is 43.5 cm³/mol. The highest BCUT2D eigenvalue weighted by atomic mass is 19.1. The van der Waals surface area contributed by atoms with Gasteiger partial charge in [-0.3, -0.25) is 0 Å². The molecule has 0 bridgehead atoms. The standard InChI is InChI=1S/C9H10F2O2/c1-5(4-12)9-7(11)2-6(10)3-8(9)13/h2-3,5,12-13H,4H2,1H3. The molecule has 1 atom stereocenters. The molecule has 0 aliphatic heterocycles. The van der Waals surface area contributed by atoms with Crippen molar-refractivity contribution in [1.82, 2.24) is 0 Å². The van der Waals surface area contributed by atoms with E-state index in [-0.39, 0.29) is 12.2 Å². The molecular formula is C9H10F2O2. The summed E-state index contributed by atoms with van der Waals surface area (Å²) in [5.41, 5.74) is -0.0519. The van der Waals surface area contributed by atoms with Gasteiger partial charge < -0.3 is 10.2 Å². The first-order valence-corrected chi connectivity index (χ1v) is 3.85. The zero-order valence-electron chi connectivity index (χ0n) is 7.09. The van der Waals surface area contributed by atoms with Gasteiger partial charge in [0.05, 0.1) is 0 Å². The summed E-state index contributed by atoms with van der Waals surface area (Å²) < 4.78 is 25.6. The summed E-state index contributed by atoms with van der Waals surface area (Å²) in [6.45, 7) is 1.24. The predicted octanol–water partition coefficient (Wildman–Crippen LogP) is 1.77. The number of phenols is 1. The molecular weight excluding hydrogens is 178 g/mol. The maximum Gasteiger partial charge on any atom is 0.133 e. The maximum atomic E-state index is 13.0. The Morgan fingerprint density at radius 3 is 2.46 bits per heavy atom. The second-order valence-electron chi connectivity index (χ2n) is 2.90. The SMILES string of the molecule is CC(CO)c1c(O)cc(F)cc1F. The van der Waals surface area contributed by atoms with E-state index < -0.39 is 23.3 Å². The van der Waals surface area contributed by atoms with E-state index in [1.165, 1.54) is 6.92 Å². The Labute approximate surface area is 74.4 Å². The molecule has 0 radical (unpaired) electrons. The highest BCUT2D eigenvalue weighted by Crippen LogP contribution is 2.28. The highest BCUT2D eigenvalue weighted by molar-refractivity contribution is 5.36. The first-order valence-electron chi connectivity index (χ1n) is 3.85. The Kier molecular flexibility index (Phi) is 2.83. The first-order chi connectivity index (χ1) is 6.06. The normalized spacial score (nSPS) is 12.9. The van der Waals surface area contributed by atoms with Crippen LogP contribution in [0.5, 0.6) is 5.75 Å². The van der Waals surface area contributed by atoms with Crippen LogP contribution in [0.1, 0.15) is 18.4 Å². The van der Waals surface area contributed by atoms with Gasteiger partial charge in [0.15, 0.2) is 0 Å². The zero-order valence-corrected chi connectivity index (χ0v) is 7.09. The second kappa shape index (κ2) is 3.70. The second-order valence-corrected chi connectivity index (χ2v) is 2.90. The molecule has 0 aromatic heterocycles. The lowest BCUT2D eigenvalue weighted by atomic mass is 10.0. The van der Waals surface area contributed by atoms with Crippen LogP contribution in [0, 0.1) is 11.6 Å². The van der Waals surface area contributed by atoms with Crippen LogP contribution < -0.4 is 0 Å². The largest absolute Gasteiger partial charge is 0.507 e. The van der Waals surface area contributed by atoms with Crippen molar-refractivity contribution >= 4 is 0 Å². The molecule has 0 saturated carbocycles. The lowest BCUT2D eigenvalue weighted by molar-refractivity contribution is 0.267. The van der Waals surface area contributed by atoms with Gasteiger partial charge in [-0.25, -0.2) is 8.78 Å². The summed E-state index contributed by atoms with van der Waals surface area (Å²) >= 11 is 0. The van der Waals surface area contributed by atoms with E-state index in [1.807, 2.05) is 0 Å². The lowest BCUT2D eigenvalue weighted by Gasteiger charge is -2.11. The number of phenolic OH excluding ortho intramolecular Hbond substituents is 1. The van der Waals surface area contributed by atoms with Crippen LogP contribution in [0.4, 0.5) is 8.78 Å². The molecule has 0 saturated heterocycles. The molecule has 0 aliphatic rings. The molecule has 0 heterocycles. The van der Waals surface area contributed by atoms with E-state index in [2.05, 4.69) is 0 Å². The molecule has 2 N–H and O–H groups in total. The van der Waals surface area contributed by atoms with E-state index in [0.717, 1.165) is 6.07 Å². The summed E-state index contributed by atoms with van der Waals surface area (Å²) in [6.07, 6.45) is 0. The Bertz CT molecular complexity index is 289. The molecule has 0 fully saturated rings. The van der Waals surface area contributed by atoms with Crippen molar-refractivity contribution in [1.29, 1.82) is 0 Å². The van der Waals surface area contributed by atoms with Crippen LogP contribution in [0.2, 0.25) is 0 Å². The van der Waals surface area contributed by atoms with Crippen LogP contribution in [0.3, 0.4) is 0 Å². The highest BCUT2D eigenvalue weighted by Gasteiger charge is 2.16. The van der Waals surface area contributed by atoms with E-state index in [1.54, 1.807) is 0 Å². The van der Waals surface area contributed by atoms with Crippen LogP contribution >= 0.6 is 0 Å². The van der Waals surface area contributed by atoms with Gasteiger partial charge in [-0.15, -0.1) is 0 Å². The minimum Gasteiger partial charge on any atom is -0.507 e. The Hall–Kier alpha value is -1.16. The lowest BCUT2D eigenvalue weighted by Crippen LogP contribution is -2.03. The van der Waals surface area contributed by atoms with Crippen LogP contribution in [0.15, 0.2) is 12.1 Å². The van der Waals surface area contributed by atoms with Gasteiger partial charge in [-0.2, -0.15) is 0 Å². The number of rotatable bonds is 2. The van der Waals surface area contributed by atoms with Crippen LogP contribution in [-0.4, -0.2) is 16.8 Å². The fourth-order valence-electron chi connectivity index (χ4n) is 1.15. The quantitative estimate of drug-likeness (QED) is 0.742. The van der Waals surface area contributed by atoms with E-state index in [0.29, 0.717) is 6.07 Å². The maximum absolute atomic E-state index is 13.0. The number of halogens is 2. The third-order valence-electron chi connectivity index (χ3n) is 1.84. The minimum absolute atomic E-state index is 0.0519. The zero-order chi connectivity index (χ0) is 10.0. The summed E-state index contributed by atoms with van der Waals surface area (Å²) in [4.78, 5) is 0. The van der Waals surface area contributed by atoms with Gasteiger partial charge in [0, 0.05) is 30.2 Å². The van der Waals surface area contributed by atoms with Crippen LogP contribution in [0.25, 0.3) is 0 Å². The van der Waals surface area contributed by atoms with Crippen molar-refractivity contribution in [2.45, 2.75) is 12.8 Å². The van der Waals surface area contributed by atoms with E-state index in [4.69, 9.17) is 5.11 Å². The van der Waals surface area contributed by atoms with Crippen molar-refractivity contribution in [3.8, 4) is 5.75 Å². The molecule has 1 rings (SSSR count). The molecule has 0 spiro atoms. The molecule has 0 aliphatic carbocycles. The van der Waals surface area contributed by atoms with Gasteiger partial charge in [0.25, 0.3) is 0 Å². The van der Waals surface area contributed by atoms with Crippen molar-refractivity contribution in [2.75, 3.05) is 6.61 Å². The van der Waals surface area contributed by atoms with Crippen molar-refractivity contribution in [3.63, 3.8) is 0 Å². The Morgan fingerprint density at radius 2 is 2.00 bits per heavy atom. The average Bonchev–Trinajstić information content (AvgIpc) is 2.02. The Balaban J connectivity index is 3.20. The summed E-state index contributed by atoms with van der Waals surface area (Å²) in [7, 11) is 0. The summed E-state index contributed by atoms with van der Waals surface area (Å²) in [6, 6.07) is 1.51. The Morgan fingerprint density at radius 1 is 1.38 bits per heavy atom. The minimum atomic E-state index is -0.834. The van der Waals surface area contributed by atoms with Gasteiger partial charge >= 0.3 is 0 Å². The molecule has 1 unspecified atom stereocenters. The average molecular weight is 188 g/mol. The molecule has 72 valence electrons. The van der Waals surface area contributed by atoms with Gasteiger partial charge in [-0.05, 0) is 0 Å². The number of aliphatic hydroxyl groups is 1. The molecule has 1 aromatic carbocycles. The van der Waals surface area contributed by atoms with Crippen molar-refractivity contribution in [3.05, 3.63) is 29.3 Å². The third-order valence-corrected chi connectivity index (χ3v) is 1.84. The number of aliphatic hydroxyl groups excluding tert-OH is 1. The molecule has 0 amide bonds. The van der Waals surface area contributed by atoms with Crippen molar-refractivity contribution in [2.24, 2.45) is 0 Å². The van der Waals surface area contributed by atoms with E-state index in [9.17, 15) is 13.9 Å². The van der Waals surface area contributed by atoms with Gasteiger partial charge in [-0.1, -0.05) is 6.92 Å². The molecule has 2 nitrogen and oxygen atoms in total. The fourth-order valence-corrected chi connectivity index (χ4v) is 1.15. The van der Waals surface area contributed by atoms with Gasteiger partial charge in [0.1, 0.15) is 17.4 Å². The molecule has 4 heteroatoms. The number of hydrogen-bond donors (Lipinski definition) is 2. The van der Waals surface area contributed by atoms with Crippen molar-refractivity contribution < 1.29 is 19.0 Å². The number of benzene rings is 1. The fraction of sp³-hybridized carbons (Fsp3) is 0.333. The van der Waals surface area contributed by atoms with E-state index >= 15 is 0 Å². The number of hydrogen-bond acceptors (Lipinski definition) is 2. The monoisotopic (exact) mass is 188 g/mol. The summed E-state index contributed by atoms with van der Waals surface area (Å²) in [5.74, 6) is -2.66. The third kappa shape index (κ3) is 1.95. The van der Waals surface area contributed by atoms with Gasteiger partial charge in [0.2, 0.25) is 0 Å². The topological polar surface area (TPSA) is 40.5 Å². The van der Waals surface area contributed by atoms with Crippen LogP contribution in [-0.2, 0) is 0 Å². The molecule has 13 heavy (non-hydrogen) atoms.